The van der Waals surface area contributed by atoms with E-state index in [1.807, 2.05) is 54.6 Å². The van der Waals surface area contributed by atoms with Gasteiger partial charge in [-0.15, -0.1) is 0 Å². The number of hydrogen-bond donors (Lipinski definition) is 3. The fourth-order valence-electron chi connectivity index (χ4n) is 4.45. The summed E-state index contributed by atoms with van der Waals surface area (Å²) in [6.07, 6.45) is 1.42. The number of benzene rings is 3. The molecule has 3 aromatic carbocycles. The van der Waals surface area contributed by atoms with Crippen LogP contribution < -0.4 is 16.4 Å². The van der Waals surface area contributed by atoms with Crippen LogP contribution in [0.25, 0.3) is 11.1 Å². The molecule has 1 aliphatic rings. The largest absolute Gasteiger partial charge is 0.449 e. The third-order valence-corrected chi connectivity index (χ3v) is 6.17. The lowest BCUT2D eigenvalue weighted by molar-refractivity contribution is -0.123. The highest BCUT2D eigenvalue weighted by Crippen LogP contribution is 2.44. The molecule has 0 bridgehead atoms. The van der Waals surface area contributed by atoms with Gasteiger partial charge < -0.3 is 21.1 Å². The fraction of sp³-hybridized carbons (Fsp3) is 0.286. The Morgan fingerprint density at radius 1 is 0.853 bits per heavy atom. The van der Waals surface area contributed by atoms with E-state index in [9.17, 15) is 9.59 Å². The maximum absolute atomic E-state index is 12.8. The first-order valence-corrected chi connectivity index (χ1v) is 11.8. The fourth-order valence-corrected chi connectivity index (χ4v) is 4.45. The highest BCUT2D eigenvalue weighted by Gasteiger charge is 2.29. The second kappa shape index (κ2) is 11.5. The van der Waals surface area contributed by atoms with Crippen LogP contribution in [0.5, 0.6) is 0 Å². The molecule has 1 aliphatic carbocycles. The Labute approximate surface area is 200 Å². The van der Waals surface area contributed by atoms with Crippen molar-refractivity contribution in [3.05, 3.63) is 95.6 Å². The van der Waals surface area contributed by atoms with E-state index in [1.54, 1.807) is 0 Å². The van der Waals surface area contributed by atoms with Crippen LogP contribution in [0.15, 0.2) is 78.9 Å². The number of carbonyl (C=O) groups excluding carboxylic acids is 2. The summed E-state index contributed by atoms with van der Waals surface area (Å²) in [6, 6.07) is 25.3. The zero-order valence-corrected chi connectivity index (χ0v) is 19.2. The molecule has 0 radical (unpaired) electrons. The van der Waals surface area contributed by atoms with Gasteiger partial charge in [0.05, 0.1) is 0 Å². The van der Waals surface area contributed by atoms with E-state index in [0.29, 0.717) is 19.5 Å². The first kappa shape index (κ1) is 23.5. The lowest BCUT2D eigenvalue weighted by Gasteiger charge is -2.20. The Hall–Kier alpha value is -3.64. The smallest absolute Gasteiger partial charge is 0.407 e. The number of ether oxygens (including phenoxy) is 1. The average Bonchev–Trinajstić information content (AvgIpc) is 3.19. The van der Waals surface area contributed by atoms with Gasteiger partial charge in [-0.05, 0) is 47.2 Å². The van der Waals surface area contributed by atoms with Crippen LogP contribution in [0.2, 0.25) is 0 Å². The van der Waals surface area contributed by atoms with Gasteiger partial charge in [0.1, 0.15) is 12.6 Å². The van der Waals surface area contributed by atoms with Gasteiger partial charge >= 0.3 is 6.09 Å². The van der Waals surface area contributed by atoms with E-state index in [0.717, 1.165) is 29.5 Å². The monoisotopic (exact) mass is 457 g/mol. The Morgan fingerprint density at radius 3 is 2.12 bits per heavy atom. The summed E-state index contributed by atoms with van der Waals surface area (Å²) in [5.74, 6) is -0.259. The van der Waals surface area contributed by atoms with Crippen molar-refractivity contribution in [2.75, 3.05) is 19.7 Å². The summed E-state index contributed by atoms with van der Waals surface area (Å²) in [7, 11) is 0. The minimum atomic E-state index is -0.726. The number of nitrogens with one attached hydrogen (secondary N) is 2. The van der Waals surface area contributed by atoms with Gasteiger partial charge in [0.15, 0.2) is 0 Å². The first-order chi connectivity index (χ1) is 16.7. The number of carbonyl (C=O) groups is 2. The van der Waals surface area contributed by atoms with Crippen LogP contribution in [-0.2, 0) is 16.0 Å². The van der Waals surface area contributed by atoms with Gasteiger partial charge in [-0.3, -0.25) is 4.79 Å². The number of rotatable bonds is 10. The SMILES string of the molecule is NCCCCNC(=O)[C@H](Cc1ccccc1)NC(=O)OCC1c2ccccc2-c2ccccc21. The number of amides is 2. The molecule has 176 valence electrons. The average molecular weight is 458 g/mol. The van der Waals surface area contributed by atoms with Crippen molar-refractivity contribution in [2.45, 2.75) is 31.2 Å². The molecule has 4 N–H and O–H groups in total. The highest BCUT2D eigenvalue weighted by molar-refractivity contribution is 5.86. The maximum atomic E-state index is 12.8. The number of hydrogen-bond acceptors (Lipinski definition) is 4. The summed E-state index contributed by atoms with van der Waals surface area (Å²) in [5.41, 5.74) is 11.1. The molecule has 0 spiro atoms. The Bertz CT molecular complexity index is 1070. The molecule has 34 heavy (non-hydrogen) atoms. The predicted molar refractivity (Wildman–Crippen MR) is 133 cm³/mol. The van der Waals surface area contributed by atoms with Crippen molar-refractivity contribution in [2.24, 2.45) is 5.73 Å². The van der Waals surface area contributed by atoms with E-state index in [2.05, 4.69) is 34.9 Å². The molecule has 2 amide bonds. The van der Waals surface area contributed by atoms with E-state index in [-0.39, 0.29) is 18.4 Å². The number of unbranched alkanes of at least 4 members (excludes halogenated alkanes) is 1. The zero-order valence-electron chi connectivity index (χ0n) is 19.2. The Balaban J connectivity index is 1.41. The van der Waals surface area contributed by atoms with E-state index in [4.69, 9.17) is 10.5 Å². The molecule has 3 aromatic rings. The van der Waals surface area contributed by atoms with Gasteiger partial charge in [0.2, 0.25) is 5.91 Å². The molecule has 0 heterocycles. The van der Waals surface area contributed by atoms with E-state index >= 15 is 0 Å². The predicted octanol–water partition coefficient (Wildman–Crippen LogP) is 3.99. The topological polar surface area (TPSA) is 93.5 Å². The van der Waals surface area contributed by atoms with E-state index < -0.39 is 12.1 Å². The third kappa shape index (κ3) is 5.64. The minimum absolute atomic E-state index is 0.0317. The van der Waals surface area contributed by atoms with Crippen molar-refractivity contribution < 1.29 is 14.3 Å². The van der Waals surface area contributed by atoms with Gasteiger partial charge in [-0.2, -0.15) is 0 Å². The molecule has 0 saturated carbocycles. The lowest BCUT2D eigenvalue weighted by atomic mass is 9.98. The standard InChI is InChI=1S/C28H31N3O3/c29-16-8-9-17-30-27(32)26(18-20-10-2-1-3-11-20)31-28(33)34-19-25-23-14-6-4-12-21(23)22-13-5-7-15-24(22)25/h1-7,10-15,25-26H,8-9,16-19,29H2,(H,30,32)(H,31,33)/t26-/m0/s1. The number of alkyl carbamates (subject to hydrolysis) is 1. The van der Waals surface area contributed by atoms with Crippen molar-refractivity contribution in [3.63, 3.8) is 0 Å². The van der Waals surface area contributed by atoms with Crippen molar-refractivity contribution >= 4 is 12.0 Å². The quantitative estimate of drug-likeness (QED) is 0.401. The van der Waals surface area contributed by atoms with Gasteiger partial charge in [-0.1, -0.05) is 78.9 Å². The second-order valence-corrected chi connectivity index (χ2v) is 8.50. The first-order valence-electron chi connectivity index (χ1n) is 11.8. The summed E-state index contributed by atoms with van der Waals surface area (Å²) in [4.78, 5) is 25.6. The van der Waals surface area contributed by atoms with Crippen LogP contribution in [0.1, 0.15) is 35.4 Å². The Morgan fingerprint density at radius 2 is 1.47 bits per heavy atom. The molecule has 0 unspecified atom stereocenters. The molecule has 0 fully saturated rings. The molecule has 0 aliphatic heterocycles. The molecule has 4 rings (SSSR count). The highest BCUT2D eigenvalue weighted by atomic mass is 16.5. The van der Waals surface area contributed by atoms with Crippen LogP contribution in [0, 0.1) is 0 Å². The van der Waals surface area contributed by atoms with Crippen molar-refractivity contribution in [3.8, 4) is 11.1 Å². The normalized spacial score (nSPS) is 13.0. The third-order valence-electron chi connectivity index (χ3n) is 6.17. The van der Waals surface area contributed by atoms with Crippen LogP contribution in [-0.4, -0.2) is 37.7 Å². The lowest BCUT2D eigenvalue weighted by Crippen LogP contribution is -2.48. The second-order valence-electron chi connectivity index (χ2n) is 8.50. The molecule has 6 nitrogen and oxygen atoms in total. The molecule has 1 atom stereocenters. The number of fused-ring (bicyclic) bond motifs is 3. The van der Waals surface area contributed by atoms with Crippen molar-refractivity contribution in [1.29, 1.82) is 0 Å². The van der Waals surface area contributed by atoms with Gasteiger partial charge in [-0.25, -0.2) is 4.79 Å². The van der Waals surface area contributed by atoms with Crippen molar-refractivity contribution in [1.82, 2.24) is 10.6 Å². The Kier molecular flexibility index (Phi) is 7.94. The van der Waals surface area contributed by atoms with Crippen LogP contribution >= 0.6 is 0 Å². The molecule has 6 heteroatoms. The van der Waals surface area contributed by atoms with Gasteiger partial charge in [0, 0.05) is 18.9 Å². The molecular formula is C28H31N3O3. The van der Waals surface area contributed by atoms with Crippen LogP contribution in [0.4, 0.5) is 4.79 Å². The molecule has 0 saturated heterocycles. The summed E-state index contributed by atoms with van der Waals surface area (Å²) >= 11 is 0. The van der Waals surface area contributed by atoms with Crippen LogP contribution in [0.3, 0.4) is 0 Å². The van der Waals surface area contributed by atoms with Gasteiger partial charge in [0.25, 0.3) is 0 Å². The minimum Gasteiger partial charge on any atom is -0.449 e. The summed E-state index contributed by atoms with van der Waals surface area (Å²) in [5, 5.41) is 5.68. The molecule has 0 aromatic heterocycles. The molecular weight excluding hydrogens is 426 g/mol. The summed E-state index contributed by atoms with van der Waals surface area (Å²) in [6.45, 7) is 1.31. The maximum Gasteiger partial charge on any atom is 0.407 e. The zero-order chi connectivity index (χ0) is 23.8. The van der Waals surface area contributed by atoms with E-state index in [1.165, 1.54) is 11.1 Å². The number of nitrogens with two attached hydrogens (primary N) is 1. The summed E-state index contributed by atoms with van der Waals surface area (Å²) < 4.78 is 5.65.